The summed E-state index contributed by atoms with van der Waals surface area (Å²) in [5.74, 6) is 0.512. The van der Waals surface area contributed by atoms with Gasteiger partial charge in [0.1, 0.15) is 0 Å². The maximum Gasteiger partial charge on any atom is 0.316 e. The molecule has 0 N–H and O–H groups in total. The molecule has 0 radical (unpaired) electrons. The molecule has 0 aliphatic carbocycles. The molecule has 0 aromatic carbocycles. The quantitative estimate of drug-likeness (QED) is 0.820. The predicted molar refractivity (Wildman–Crippen MR) is 94.6 cm³/mol. The van der Waals surface area contributed by atoms with Crippen LogP contribution < -0.4 is 10.3 Å². The Hall–Kier alpha value is -2.28. The van der Waals surface area contributed by atoms with Gasteiger partial charge in [0.25, 0.3) is 5.56 Å². The summed E-state index contributed by atoms with van der Waals surface area (Å²) < 4.78 is 6.84. The summed E-state index contributed by atoms with van der Waals surface area (Å²) in [7, 11) is 1.58. The summed E-state index contributed by atoms with van der Waals surface area (Å²) in [4.78, 5) is 27.4. The number of aromatic nitrogens is 4. The third-order valence-electron chi connectivity index (χ3n) is 4.94. The zero-order valence-electron chi connectivity index (χ0n) is 15.1. The first-order valence-corrected chi connectivity index (χ1v) is 8.67. The highest BCUT2D eigenvalue weighted by Crippen LogP contribution is 2.20. The second kappa shape index (κ2) is 7.74. The van der Waals surface area contributed by atoms with Gasteiger partial charge in [-0.05, 0) is 51.8 Å². The molecule has 3 heterocycles. The Kier molecular flexibility index (Phi) is 5.43. The fourth-order valence-corrected chi connectivity index (χ4v) is 3.20. The van der Waals surface area contributed by atoms with Crippen LogP contribution in [0.4, 0.5) is 0 Å². The lowest BCUT2D eigenvalue weighted by Gasteiger charge is -2.31. The normalized spacial score (nSPS) is 16.1. The van der Waals surface area contributed by atoms with Gasteiger partial charge in [0, 0.05) is 30.5 Å². The van der Waals surface area contributed by atoms with E-state index in [4.69, 9.17) is 4.74 Å². The summed E-state index contributed by atoms with van der Waals surface area (Å²) in [5.41, 5.74) is 2.62. The van der Waals surface area contributed by atoms with E-state index in [1.165, 1.54) is 0 Å². The number of hydrogen-bond acceptors (Lipinski definition) is 6. The van der Waals surface area contributed by atoms with Crippen LogP contribution in [0.5, 0.6) is 6.01 Å². The number of aryl methyl sites for hydroxylation is 1. The highest BCUT2D eigenvalue weighted by atomic mass is 16.5. The Balaban J connectivity index is 1.55. The second-order valence-electron chi connectivity index (χ2n) is 6.67. The standard InChI is InChI=1S/C18H25N5O2/c1-13-14(2)20-12-23(17(13)24)10-15-5-8-22(9-6-15)11-16-4-7-19-18(21-16)25-3/h4,7,12,15H,5-6,8-11H2,1-3H3. The highest BCUT2D eigenvalue weighted by Gasteiger charge is 2.21. The lowest BCUT2D eigenvalue weighted by atomic mass is 9.96. The number of ether oxygens (including phenoxy) is 1. The van der Waals surface area contributed by atoms with Crippen molar-refractivity contribution in [1.82, 2.24) is 24.4 Å². The number of likely N-dealkylation sites (tertiary alicyclic amines) is 1. The molecule has 7 heteroatoms. The highest BCUT2D eigenvalue weighted by molar-refractivity contribution is 5.12. The molecule has 1 saturated heterocycles. The van der Waals surface area contributed by atoms with E-state index in [-0.39, 0.29) is 5.56 Å². The lowest BCUT2D eigenvalue weighted by molar-refractivity contribution is 0.164. The molecule has 0 unspecified atom stereocenters. The molecule has 1 fully saturated rings. The number of rotatable bonds is 5. The van der Waals surface area contributed by atoms with Crippen LogP contribution in [0.15, 0.2) is 23.4 Å². The topological polar surface area (TPSA) is 73.1 Å². The monoisotopic (exact) mass is 343 g/mol. The number of hydrogen-bond donors (Lipinski definition) is 0. The van der Waals surface area contributed by atoms with Crippen molar-refractivity contribution in [2.75, 3.05) is 20.2 Å². The van der Waals surface area contributed by atoms with Gasteiger partial charge in [-0.15, -0.1) is 0 Å². The summed E-state index contributed by atoms with van der Waals surface area (Å²) in [6.07, 6.45) is 5.56. The minimum absolute atomic E-state index is 0.0861. The summed E-state index contributed by atoms with van der Waals surface area (Å²) >= 11 is 0. The average Bonchev–Trinajstić information content (AvgIpc) is 2.64. The number of methoxy groups -OCH3 is 1. The molecule has 0 bridgehead atoms. The Morgan fingerprint density at radius 1 is 1.24 bits per heavy atom. The first-order valence-electron chi connectivity index (χ1n) is 8.67. The van der Waals surface area contributed by atoms with Crippen molar-refractivity contribution in [1.29, 1.82) is 0 Å². The van der Waals surface area contributed by atoms with Gasteiger partial charge in [-0.2, -0.15) is 4.98 Å². The first kappa shape index (κ1) is 17.5. The molecule has 2 aromatic rings. The van der Waals surface area contributed by atoms with Crippen molar-refractivity contribution < 1.29 is 4.74 Å². The van der Waals surface area contributed by atoms with Crippen molar-refractivity contribution in [3.63, 3.8) is 0 Å². The molecule has 134 valence electrons. The number of nitrogens with zero attached hydrogens (tertiary/aromatic N) is 5. The zero-order chi connectivity index (χ0) is 17.8. The third kappa shape index (κ3) is 4.22. The van der Waals surface area contributed by atoms with Crippen LogP contribution in [0.2, 0.25) is 0 Å². The van der Waals surface area contributed by atoms with Crippen molar-refractivity contribution in [3.05, 3.63) is 45.9 Å². The average molecular weight is 343 g/mol. The van der Waals surface area contributed by atoms with Gasteiger partial charge in [-0.1, -0.05) is 0 Å². The van der Waals surface area contributed by atoms with Crippen LogP contribution in [0.3, 0.4) is 0 Å². The van der Waals surface area contributed by atoms with E-state index in [0.29, 0.717) is 11.9 Å². The maximum absolute atomic E-state index is 12.3. The molecule has 3 rings (SSSR count). The first-order chi connectivity index (χ1) is 12.1. The smallest absolute Gasteiger partial charge is 0.316 e. The molecule has 7 nitrogen and oxygen atoms in total. The lowest BCUT2D eigenvalue weighted by Crippen LogP contribution is -2.36. The molecular formula is C18H25N5O2. The van der Waals surface area contributed by atoms with Gasteiger partial charge in [0.05, 0.1) is 19.1 Å². The maximum atomic E-state index is 12.3. The fourth-order valence-electron chi connectivity index (χ4n) is 3.20. The van der Waals surface area contributed by atoms with Crippen LogP contribution in [0.25, 0.3) is 0 Å². The van der Waals surface area contributed by atoms with Gasteiger partial charge < -0.3 is 4.74 Å². The van der Waals surface area contributed by atoms with Gasteiger partial charge in [-0.3, -0.25) is 14.3 Å². The van der Waals surface area contributed by atoms with E-state index in [2.05, 4.69) is 19.9 Å². The number of piperidine rings is 1. The van der Waals surface area contributed by atoms with Crippen LogP contribution in [0, 0.1) is 19.8 Å². The Morgan fingerprint density at radius 3 is 2.72 bits per heavy atom. The minimum atomic E-state index is 0.0861. The minimum Gasteiger partial charge on any atom is -0.467 e. The van der Waals surface area contributed by atoms with Crippen molar-refractivity contribution in [2.24, 2.45) is 5.92 Å². The van der Waals surface area contributed by atoms with Crippen LogP contribution >= 0.6 is 0 Å². The van der Waals surface area contributed by atoms with E-state index in [0.717, 1.165) is 56.0 Å². The zero-order valence-corrected chi connectivity index (χ0v) is 15.1. The molecule has 2 aromatic heterocycles. The molecule has 1 aliphatic heterocycles. The van der Waals surface area contributed by atoms with E-state index in [1.54, 1.807) is 24.2 Å². The van der Waals surface area contributed by atoms with E-state index < -0.39 is 0 Å². The van der Waals surface area contributed by atoms with Crippen molar-refractivity contribution >= 4 is 0 Å². The fraction of sp³-hybridized carbons (Fsp3) is 0.556. The molecule has 0 amide bonds. The Labute approximate surface area is 147 Å². The second-order valence-corrected chi connectivity index (χ2v) is 6.67. The SMILES string of the molecule is COc1nccc(CN2CCC(Cn3cnc(C)c(C)c3=O)CC2)n1. The van der Waals surface area contributed by atoms with Gasteiger partial charge >= 0.3 is 6.01 Å². The molecule has 0 spiro atoms. The molecule has 25 heavy (non-hydrogen) atoms. The summed E-state index contributed by atoms with van der Waals surface area (Å²) in [6.45, 7) is 7.29. The van der Waals surface area contributed by atoms with E-state index >= 15 is 0 Å². The van der Waals surface area contributed by atoms with E-state index in [1.807, 2.05) is 19.9 Å². The summed E-state index contributed by atoms with van der Waals surface area (Å²) in [5, 5.41) is 0. The molecule has 1 aliphatic rings. The molecule has 0 saturated carbocycles. The molecular weight excluding hydrogens is 318 g/mol. The van der Waals surface area contributed by atoms with Gasteiger partial charge in [-0.25, -0.2) is 9.97 Å². The van der Waals surface area contributed by atoms with Crippen molar-refractivity contribution in [2.45, 2.75) is 39.8 Å². The third-order valence-corrected chi connectivity index (χ3v) is 4.94. The summed E-state index contributed by atoms with van der Waals surface area (Å²) in [6, 6.07) is 2.34. The van der Waals surface area contributed by atoms with Crippen LogP contribution in [-0.2, 0) is 13.1 Å². The largest absolute Gasteiger partial charge is 0.467 e. The van der Waals surface area contributed by atoms with E-state index in [9.17, 15) is 4.79 Å². The van der Waals surface area contributed by atoms with Crippen LogP contribution in [-0.4, -0.2) is 44.6 Å². The van der Waals surface area contributed by atoms with Gasteiger partial charge in [0.2, 0.25) is 0 Å². The predicted octanol–water partition coefficient (Wildman–Crippen LogP) is 1.57. The van der Waals surface area contributed by atoms with Crippen LogP contribution in [0.1, 0.15) is 29.8 Å². The van der Waals surface area contributed by atoms with Crippen molar-refractivity contribution in [3.8, 4) is 6.01 Å². The van der Waals surface area contributed by atoms with Gasteiger partial charge in [0.15, 0.2) is 0 Å². The molecule has 0 atom stereocenters. The Bertz CT molecular complexity index is 781. The Morgan fingerprint density at radius 2 is 2.00 bits per heavy atom.